The van der Waals surface area contributed by atoms with Gasteiger partial charge < -0.3 is 9.47 Å². The number of hydrogen-bond donors (Lipinski definition) is 0. The van der Waals surface area contributed by atoms with Gasteiger partial charge in [-0.3, -0.25) is 4.79 Å². The maximum Gasteiger partial charge on any atom is 0.289 e. The summed E-state index contributed by atoms with van der Waals surface area (Å²) in [6.07, 6.45) is 2.07. The molecule has 1 aromatic heterocycles. The van der Waals surface area contributed by atoms with E-state index in [2.05, 4.69) is 38.8 Å². The molecule has 0 unspecified atom stereocenters. The molecule has 3 nitrogen and oxygen atoms in total. The molecule has 0 aliphatic heterocycles. The number of aryl methyl sites for hydroxylation is 1. The van der Waals surface area contributed by atoms with E-state index in [1.807, 2.05) is 19.2 Å². The van der Waals surface area contributed by atoms with Crippen molar-refractivity contribution in [1.29, 1.82) is 0 Å². The van der Waals surface area contributed by atoms with Crippen molar-refractivity contribution in [3.63, 3.8) is 0 Å². The summed E-state index contributed by atoms with van der Waals surface area (Å²) in [6.45, 7) is 0.617. The Balaban J connectivity index is 2.42. The predicted octanol–water partition coefficient (Wildman–Crippen LogP) is 3.13. The van der Waals surface area contributed by atoms with Gasteiger partial charge in [0.15, 0.2) is 0 Å². The maximum atomic E-state index is 11.1. The van der Waals surface area contributed by atoms with Crippen LogP contribution in [0.15, 0.2) is 30.5 Å². The summed E-state index contributed by atoms with van der Waals surface area (Å²) in [4.78, 5) is 12.7. The number of carbonyl (C=O) groups is 1. The number of hydrogen-bond acceptors (Lipinski definition) is 1. The number of aromatic nitrogens is 1. The Bertz CT molecular complexity index is 533. The van der Waals surface area contributed by atoms with Gasteiger partial charge in [0.25, 0.3) is 4.82 Å². The van der Waals surface area contributed by atoms with Crippen LogP contribution in [0, 0.1) is 0 Å². The minimum atomic E-state index is -0.0968. The monoisotopic (exact) mass is 280 g/mol. The second-order valence-electron chi connectivity index (χ2n) is 3.89. The van der Waals surface area contributed by atoms with E-state index in [1.54, 1.807) is 11.9 Å². The maximum absolute atomic E-state index is 11.1. The van der Waals surface area contributed by atoms with Crippen LogP contribution in [0.3, 0.4) is 0 Å². The Morgan fingerprint density at radius 3 is 2.81 bits per heavy atom. The Morgan fingerprint density at radius 1 is 1.44 bits per heavy atom. The number of nitrogens with zero attached hydrogens (tertiary/aromatic N) is 2. The quantitative estimate of drug-likeness (QED) is 0.613. The highest BCUT2D eigenvalue weighted by molar-refractivity contribution is 9.18. The summed E-state index contributed by atoms with van der Waals surface area (Å²) in [5.41, 5.74) is 2.35. The number of carbonyl (C=O) groups excluding carboxylic acids is 1. The lowest BCUT2D eigenvalue weighted by atomic mass is 10.2. The fourth-order valence-corrected chi connectivity index (χ4v) is 1.99. The molecule has 1 aromatic carbocycles. The normalized spacial score (nSPS) is 10.7. The van der Waals surface area contributed by atoms with Gasteiger partial charge in [-0.2, -0.15) is 0 Å². The molecule has 0 N–H and O–H groups in total. The number of para-hydroxylation sites is 1. The zero-order valence-corrected chi connectivity index (χ0v) is 10.9. The van der Waals surface area contributed by atoms with E-state index in [0.29, 0.717) is 6.54 Å². The Morgan fingerprint density at radius 2 is 2.12 bits per heavy atom. The van der Waals surface area contributed by atoms with E-state index in [0.717, 1.165) is 5.56 Å². The van der Waals surface area contributed by atoms with Gasteiger partial charge in [-0.15, -0.1) is 0 Å². The van der Waals surface area contributed by atoms with Crippen molar-refractivity contribution in [3.05, 3.63) is 36.0 Å². The first-order valence-corrected chi connectivity index (χ1v) is 5.82. The summed E-state index contributed by atoms with van der Waals surface area (Å²) in [5, 5.41) is 1.20. The summed E-state index contributed by atoms with van der Waals surface area (Å²) >= 11 is 2.95. The van der Waals surface area contributed by atoms with E-state index >= 15 is 0 Å². The van der Waals surface area contributed by atoms with E-state index in [9.17, 15) is 4.79 Å². The number of benzene rings is 1. The number of fused-ring (bicyclic) bond motifs is 1. The third-order valence-electron chi connectivity index (χ3n) is 2.69. The zero-order chi connectivity index (χ0) is 11.7. The third-order valence-corrected chi connectivity index (χ3v) is 3.29. The first kappa shape index (κ1) is 11.2. The first-order valence-electron chi connectivity index (χ1n) is 5.03. The zero-order valence-electron chi connectivity index (χ0n) is 9.27. The van der Waals surface area contributed by atoms with E-state index in [-0.39, 0.29) is 4.82 Å². The second-order valence-corrected chi connectivity index (χ2v) is 4.57. The topological polar surface area (TPSA) is 25.2 Å². The first-order chi connectivity index (χ1) is 7.59. The van der Waals surface area contributed by atoms with Crippen LogP contribution in [-0.4, -0.2) is 21.3 Å². The van der Waals surface area contributed by atoms with Gasteiger partial charge in [0.1, 0.15) is 0 Å². The molecule has 0 saturated heterocycles. The molecule has 0 bridgehead atoms. The molecule has 4 heteroatoms. The van der Waals surface area contributed by atoms with Crippen LogP contribution >= 0.6 is 15.9 Å². The lowest BCUT2D eigenvalue weighted by Crippen LogP contribution is -2.19. The van der Waals surface area contributed by atoms with Crippen LogP contribution in [0.4, 0.5) is 4.79 Å². The lowest BCUT2D eigenvalue weighted by Gasteiger charge is -2.12. The van der Waals surface area contributed by atoms with Crippen LogP contribution in [0.25, 0.3) is 10.9 Å². The molecule has 0 aliphatic rings. The number of rotatable bonds is 2. The molecular formula is C12H13BrN2O. The lowest BCUT2D eigenvalue weighted by molar-refractivity contribution is 0.233. The van der Waals surface area contributed by atoms with Crippen LogP contribution < -0.4 is 0 Å². The van der Waals surface area contributed by atoms with E-state index < -0.39 is 0 Å². The largest absolute Gasteiger partial charge is 0.350 e. The average Bonchev–Trinajstić information content (AvgIpc) is 2.57. The summed E-state index contributed by atoms with van der Waals surface area (Å²) in [7, 11) is 3.79. The Kier molecular flexibility index (Phi) is 3.01. The molecule has 2 aromatic rings. The van der Waals surface area contributed by atoms with Crippen molar-refractivity contribution >= 4 is 31.6 Å². The van der Waals surface area contributed by atoms with Crippen LogP contribution in [0.1, 0.15) is 5.56 Å². The van der Waals surface area contributed by atoms with Crippen molar-refractivity contribution in [2.75, 3.05) is 7.05 Å². The molecule has 0 aliphatic carbocycles. The highest BCUT2D eigenvalue weighted by Crippen LogP contribution is 2.21. The van der Waals surface area contributed by atoms with Gasteiger partial charge in [0.2, 0.25) is 0 Å². The van der Waals surface area contributed by atoms with E-state index in [1.165, 1.54) is 10.9 Å². The SMILES string of the molecule is CN(Cc1cn(C)c2ccccc12)C(=O)Br. The minimum absolute atomic E-state index is 0.0968. The van der Waals surface area contributed by atoms with Crippen LogP contribution in [0.5, 0.6) is 0 Å². The molecule has 2 rings (SSSR count). The Hall–Kier alpha value is -1.29. The predicted molar refractivity (Wildman–Crippen MR) is 68.7 cm³/mol. The number of halogens is 1. The van der Waals surface area contributed by atoms with Crippen LogP contribution in [0.2, 0.25) is 0 Å². The molecule has 84 valence electrons. The highest BCUT2D eigenvalue weighted by Gasteiger charge is 2.10. The molecule has 0 saturated carbocycles. The Labute approximate surface area is 103 Å². The van der Waals surface area contributed by atoms with Gasteiger partial charge >= 0.3 is 0 Å². The third kappa shape index (κ3) is 1.97. The van der Waals surface area contributed by atoms with Crippen molar-refractivity contribution < 1.29 is 4.79 Å². The van der Waals surface area contributed by atoms with Crippen LogP contribution in [-0.2, 0) is 13.6 Å². The smallest absolute Gasteiger partial charge is 0.289 e. The molecule has 0 fully saturated rings. The second kappa shape index (κ2) is 4.29. The minimum Gasteiger partial charge on any atom is -0.350 e. The molecule has 1 amide bonds. The fourth-order valence-electron chi connectivity index (χ4n) is 1.87. The molecule has 16 heavy (non-hydrogen) atoms. The van der Waals surface area contributed by atoms with Crippen molar-refractivity contribution in [2.24, 2.45) is 7.05 Å². The standard InChI is InChI=1S/C12H13BrN2O/c1-14-7-9(8-15(2)12(13)16)10-5-3-4-6-11(10)14/h3-7H,8H2,1-2H3. The van der Waals surface area contributed by atoms with Gasteiger partial charge in [0.05, 0.1) is 0 Å². The van der Waals surface area contributed by atoms with Crippen molar-refractivity contribution in [2.45, 2.75) is 6.54 Å². The molecule has 0 radical (unpaired) electrons. The van der Waals surface area contributed by atoms with Gasteiger partial charge in [-0.25, -0.2) is 0 Å². The summed E-state index contributed by atoms with van der Waals surface area (Å²) in [6, 6.07) is 8.19. The van der Waals surface area contributed by atoms with Gasteiger partial charge in [-0.05, 0) is 11.6 Å². The summed E-state index contributed by atoms with van der Waals surface area (Å²) in [5.74, 6) is 0. The van der Waals surface area contributed by atoms with Crippen molar-refractivity contribution in [1.82, 2.24) is 9.47 Å². The van der Waals surface area contributed by atoms with Crippen molar-refractivity contribution in [3.8, 4) is 0 Å². The van der Waals surface area contributed by atoms with E-state index in [4.69, 9.17) is 0 Å². The summed E-state index contributed by atoms with van der Waals surface area (Å²) < 4.78 is 2.08. The highest BCUT2D eigenvalue weighted by atomic mass is 79.9. The molecular weight excluding hydrogens is 268 g/mol. The van der Waals surface area contributed by atoms with Gasteiger partial charge in [-0.1, -0.05) is 18.2 Å². The molecule has 1 heterocycles. The molecule has 0 spiro atoms. The average molecular weight is 281 g/mol. The van der Waals surface area contributed by atoms with Gasteiger partial charge in [0, 0.05) is 53.7 Å². The fraction of sp³-hybridized carbons (Fsp3) is 0.250. The molecule has 0 atom stereocenters. The number of amides is 1.